The summed E-state index contributed by atoms with van der Waals surface area (Å²) in [5.41, 5.74) is 0. The quantitative estimate of drug-likeness (QED) is 0.0141. The molecule has 4 unspecified atom stereocenters. The van der Waals surface area contributed by atoms with E-state index in [0.717, 1.165) is 70.6 Å². The maximum absolute atomic E-state index is 12.5. The van der Waals surface area contributed by atoms with Gasteiger partial charge in [0, 0.05) is 30.7 Å². The summed E-state index contributed by atoms with van der Waals surface area (Å²) in [4.78, 5) is 61.6. The Balaban J connectivity index is 1.21. The third-order valence-corrected chi connectivity index (χ3v) is 16.9. The molecule has 0 radical (unpaired) electrons. The lowest BCUT2D eigenvalue weighted by molar-refractivity contribution is -0.122. The number of phosphoric ester groups is 1. The predicted molar refractivity (Wildman–Crippen MR) is 239 cm³/mol. The molecule has 3 rings (SSSR count). The van der Waals surface area contributed by atoms with Crippen LogP contribution in [0, 0.1) is 5.92 Å². The second-order valence-corrected chi connectivity index (χ2v) is 23.5. The van der Waals surface area contributed by atoms with E-state index in [2.05, 4.69) is 31.4 Å². The van der Waals surface area contributed by atoms with E-state index in [0.29, 0.717) is 65.8 Å². The molecule has 0 aromatic carbocycles. The Kier molecular flexibility index (Phi) is 28.4. The predicted octanol–water partition coefficient (Wildman–Crippen LogP) is 6.54. The fraction of sp³-hybridized carbons (Fsp3) is 0.895. The molecule has 2 amide bonds. The summed E-state index contributed by atoms with van der Waals surface area (Å²) in [6, 6.07) is 0. The summed E-state index contributed by atoms with van der Waals surface area (Å²) >= 11 is 0. The number of alkyl carbamates (subject to hydrolysis) is 1. The lowest BCUT2D eigenvalue weighted by atomic mass is 9.86. The van der Waals surface area contributed by atoms with Gasteiger partial charge in [-0.3, -0.25) is 9.32 Å². The second-order valence-electron chi connectivity index (χ2n) is 16.1. The van der Waals surface area contributed by atoms with Crippen molar-refractivity contribution in [3.05, 3.63) is 12.2 Å². The van der Waals surface area contributed by atoms with E-state index in [-0.39, 0.29) is 47.7 Å². The van der Waals surface area contributed by atoms with E-state index < -0.39 is 48.4 Å². The molecule has 26 heteroatoms. The highest BCUT2D eigenvalue weighted by Crippen LogP contribution is 2.66. The fourth-order valence-corrected chi connectivity index (χ4v) is 12.2. The van der Waals surface area contributed by atoms with Crippen LogP contribution in [0.4, 0.5) is 4.79 Å². The number of nitrogens with one attached hydrogen (secondary N) is 2. The highest BCUT2D eigenvalue weighted by atomic mass is 33.1. The van der Waals surface area contributed by atoms with Crippen molar-refractivity contribution in [3.63, 3.8) is 0 Å². The molecular formula is C38H71N2O19P3S2. The maximum Gasteiger partial charge on any atom is 0.490 e. The van der Waals surface area contributed by atoms with Crippen LogP contribution in [0.1, 0.15) is 104 Å². The van der Waals surface area contributed by atoms with Crippen molar-refractivity contribution in [2.75, 3.05) is 78.5 Å². The lowest BCUT2D eigenvalue weighted by Gasteiger charge is -2.25. The SMILES string of the molecule is CC(C)(CNC(=O)CCOCCOCCOCCOCCNC(=O)OC1CC/C=C/CCC1)SSCO[C@@H]1C[C@H](C2CCCCCCC2)OC1COP(=O)(O)OP(=O)(O)OP(=O)(O)O. The van der Waals surface area contributed by atoms with E-state index in [4.69, 9.17) is 47.5 Å². The Morgan fingerprint density at radius 1 is 0.750 bits per heavy atom. The van der Waals surface area contributed by atoms with E-state index >= 15 is 0 Å². The van der Waals surface area contributed by atoms with Crippen molar-refractivity contribution >= 4 is 57.1 Å². The number of ether oxygens (including phenoxy) is 7. The average Bonchev–Trinajstić information content (AvgIpc) is 3.58. The first-order valence-corrected chi connectivity index (χ1v) is 28.8. The van der Waals surface area contributed by atoms with Gasteiger partial charge >= 0.3 is 29.6 Å². The van der Waals surface area contributed by atoms with Gasteiger partial charge in [0.05, 0.1) is 71.7 Å². The first kappa shape index (κ1) is 57.7. The van der Waals surface area contributed by atoms with Gasteiger partial charge in [-0.05, 0) is 64.7 Å². The molecular weight excluding hydrogens is 945 g/mol. The van der Waals surface area contributed by atoms with Crippen molar-refractivity contribution in [2.24, 2.45) is 5.92 Å². The van der Waals surface area contributed by atoms with Crippen LogP contribution in [0.15, 0.2) is 12.2 Å². The maximum atomic E-state index is 12.5. The largest absolute Gasteiger partial charge is 0.490 e. The molecule has 1 heterocycles. The molecule has 374 valence electrons. The van der Waals surface area contributed by atoms with Crippen molar-refractivity contribution in [2.45, 2.75) is 133 Å². The zero-order chi connectivity index (χ0) is 46.7. The molecule has 1 saturated heterocycles. The van der Waals surface area contributed by atoms with Crippen LogP contribution >= 0.6 is 45.1 Å². The van der Waals surface area contributed by atoms with Crippen LogP contribution in [0.5, 0.6) is 0 Å². The molecule has 6 N–H and O–H groups in total. The van der Waals surface area contributed by atoms with Gasteiger partial charge in [0.2, 0.25) is 5.91 Å². The van der Waals surface area contributed by atoms with Crippen LogP contribution in [-0.2, 0) is 64.8 Å². The summed E-state index contributed by atoms with van der Waals surface area (Å²) in [6.07, 6.45) is 15.0. The van der Waals surface area contributed by atoms with Gasteiger partial charge in [-0.15, -0.1) is 0 Å². The third-order valence-electron chi connectivity index (χ3n) is 10.1. The Morgan fingerprint density at radius 2 is 1.38 bits per heavy atom. The van der Waals surface area contributed by atoms with Crippen LogP contribution in [0.25, 0.3) is 0 Å². The molecule has 0 bridgehead atoms. The molecule has 2 aliphatic carbocycles. The molecule has 2 fully saturated rings. The number of carbonyl (C=O) groups excluding carboxylic acids is 2. The number of phosphoric acid groups is 3. The molecule has 0 aromatic rings. The third kappa shape index (κ3) is 28.0. The van der Waals surface area contributed by atoms with E-state index in [9.17, 15) is 33.1 Å². The summed E-state index contributed by atoms with van der Waals surface area (Å²) in [6.45, 7) is 6.94. The molecule has 0 aromatic heterocycles. The number of carbonyl (C=O) groups is 2. The smallest absolute Gasteiger partial charge is 0.446 e. The normalized spacial score (nSPS) is 24.0. The van der Waals surface area contributed by atoms with E-state index in [1.165, 1.54) is 28.0 Å². The van der Waals surface area contributed by atoms with Gasteiger partial charge in [0.25, 0.3) is 0 Å². The Bertz CT molecular complexity index is 1510. The van der Waals surface area contributed by atoms with Gasteiger partial charge < -0.3 is 63.4 Å². The highest BCUT2D eigenvalue weighted by molar-refractivity contribution is 8.77. The minimum atomic E-state index is -5.66. The number of hydrogen-bond donors (Lipinski definition) is 6. The summed E-state index contributed by atoms with van der Waals surface area (Å²) in [5, 5.41) is 5.64. The first-order chi connectivity index (χ1) is 30.4. The van der Waals surface area contributed by atoms with Crippen LogP contribution in [-0.4, -0.2) is 139 Å². The highest BCUT2D eigenvalue weighted by Gasteiger charge is 2.44. The van der Waals surface area contributed by atoms with Crippen LogP contribution in [0.2, 0.25) is 0 Å². The molecule has 6 atom stereocenters. The first-order valence-electron chi connectivity index (χ1n) is 22.0. The molecule has 3 aliphatic rings. The molecule has 64 heavy (non-hydrogen) atoms. The van der Waals surface area contributed by atoms with Gasteiger partial charge in [-0.25, -0.2) is 18.5 Å². The minimum absolute atomic E-state index is 0.0456. The molecule has 1 saturated carbocycles. The van der Waals surface area contributed by atoms with Crippen LogP contribution in [0.3, 0.4) is 0 Å². The topological polar surface area (TPSA) is 283 Å². The summed E-state index contributed by atoms with van der Waals surface area (Å²) in [5.74, 6) is 0.286. The Labute approximate surface area is 385 Å². The second kappa shape index (κ2) is 31.5. The lowest BCUT2D eigenvalue weighted by Crippen LogP contribution is -2.36. The standard InChI is InChI=1S/C38H71N2O19P3S2/c1-38(2,29-40-36(41)17-19-50-21-23-52-25-26-53-24-22-51-20-18-39-37(42)56-32-15-11-7-4-8-12-16-32)64-63-30-54-34-27-33(31-13-9-5-3-6-10-14-31)57-35(34)28-55-61(46,47)59-62(48,49)58-60(43,44)45/h4,7,31-35H,3,5-6,8-30H2,1-2H3,(H,39,42)(H,40,41)(H,46,47)(H,48,49)(H2,43,44,45)/b7-4+/t32?,33-,34-,35?/m1/s1. The fourth-order valence-electron chi connectivity index (χ4n) is 7.02. The summed E-state index contributed by atoms with van der Waals surface area (Å²) < 4.78 is 87.4. The number of allylic oxidation sites excluding steroid dienone is 2. The van der Waals surface area contributed by atoms with E-state index in [1.807, 2.05) is 13.8 Å². The monoisotopic (exact) mass is 1020 g/mol. The molecule has 1 aliphatic heterocycles. The number of rotatable bonds is 31. The average molecular weight is 1020 g/mol. The number of amides is 2. The Hall–Kier alpha value is -0.650. The van der Waals surface area contributed by atoms with Gasteiger partial charge in [-0.2, -0.15) is 8.62 Å². The zero-order valence-corrected chi connectivity index (χ0v) is 41.3. The van der Waals surface area contributed by atoms with Gasteiger partial charge in [0.15, 0.2) is 0 Å². The van der Waals surface area contributed by atoms with Crippen molar-refractivity contribution < 1.29 is 89.2 Å². The van der Waals surface area contributed by atoms with Crippen molar-refractivity contribution in [3.8, 4) is 0 Å². The van der Waals surface area contributed by atoms with Crippen molar-refractivity contribution in [1.29, 1.82) is 0 Å². The molecule has 0 spiro atoms. The van der Waals surface area contributed by atoms with Crippen molar-refractivity contribution in [1.82, 2.24) is 10.6 Å². The van der Waals surface area contributed by atoms with Crippen LogP contribution < -0.4 is 10.6 Å². The Morgan fingerprint density at radius 3 is 2.05 bits per heavy atom. The molecule has 21 nitrogen and oxygen atoms in total. The van der Waals surface area contributed by atoms with Gasteiger partial charge in [-0.1, -0.05) is 65.8 Å². The van der Waals surface area contributed by atoms with Gasteiger partial charge in [0.1, 0.15) is 18.1 Å². The number of hydrogen-bond acceptors (Lipinski definition) is 17. The summed E-state index contributed by atoms with van der Waals surface area (Å²) in [7, 11) is -13.6. The zero-order valence-electron chi connectivity index (χ0n) is 37.0. The van der Waals surface area contributed by atoms with E-state index in [1.54, 1.807) is 0 Å². The minimum Gasteiger partial charge on any atom is -0.446 e.